The Hall–Kier alpha value is -4.52. The van der Waals surface area contributed by atoms with Gasteiger partial charge in [-0.25, -0.2) is 0 Å². The molecule has 0 saturated heterocycles. The molecule has 0 radical (unpaired) electrons. The lowest BCUT2D eigenvalue weighted by Crippen LogP contribution is -2.38. The lowest BCUT2D eigenvalue weighted by atomic mass is 9.97. The number of hydrogen-bond acceptors (Lipinski definition) is 5. The number of H-pyrrole nitrogens is 1. The van der Waals surface area contributed by atoms with Crippen molar-refractivity contribution in [2.45, 2.75) is 32.2 Å². The maximum Gasteiger partial charge on any atom is 0.251 e. The third kappa shape index (κ3) is 4.87. The van der Waals surface area contributed by atoms with Gasteiger partial charge in [0, 0.05) is 41.8 Å². The molecule has 0 saturated carbocycles. The van der Waals surface area contributed by atoms with Crippen LogP contribution in [0.4, 0.5) is 5.69 Å². The molecule has 7 nitrogen and oxygen atoms in total. The first kappa shape index (κ1) is 23.9. The number of nitrogens with one attached hydrogen (secondary N) is 2. The minimum atomic E-state index is -0.0113. The fraction of sp³-hybridized carbons (Fsp3) is 0.226. The van der Waals surface area contributed by atoms with Crippen LogP contribution in [-0.4, -0.2) is 36.0 Å². The van der Waals surface area contributed by atoms with Crippen LogP contribution in [0.1, 0.15) is 46.4 Å². The molecule has 1 aliphatic carbocycles. The van der Waals surface area contributed by atoms with Crippen molar-refractivity contribution < 1.29 is 14.3 Å². The fourth-order valence-corrected chi connectivity index (χ4v) is 5.06. The number of fused-ring (bicyclic) bond motifs is 2. The van der Waals surface area contributed by atoms with Crippen molar-refractivity contribution in [3.63, 3.8) is 0 Å². The van der Waals surface area contributed by atoms with Crippen molar-refractivity contribution in [3.8, 4) is 11.5 Å². The van der Waals surface area contributed by atoms with Crippen molar-refractivity contribution >= 4 is 34.6 Å². The number of carbonyl (C=O) groups excluding carboxylic acids is 1. The monoisotopic (exact) mass is 506 g/mol. The Morgan fingerprint density at radius 1 is 1.08 bits per heavy atom. The summed E-state index contributed by atoms with van der Waals surface area (Å²) in [5, 5.41) is 12.0. The largest absolute Gasteiger partial charge is 0.454 e. The molecule has 3 aromatic carbocycles. The van der Waals surface area contributed by atoms with Crippen molar-refractivity contribution in [1.82, 2.24) is 15.5 Å². The summed E-state index contributed by atoms with van der Waals surface area (Å²) in [6, 6.07) is 20.1. The van der Waals surface area contributed by atoms with Gasteiger partial charge in [0.2, 0.25) is 6.79 Å². The molecule has 4 aromatic rings. The van der Waals surface area contributed by atoms with Gasteiger partial charge in [-0.15, -0.1) is 0 Å². The molecule has 1 amide bonds. The van der Waals surface area contributed by atoms with Gasteiger partial charge in [-0.05, 0) is 73.9 Å². The number of nitrogens with zero attached hydrogens (tertiary/aromatic N) is 2. The van der Waals surface area contributed by atoms with Gasteiger partial charge in [0.15, 0.2) is 11.5 Å². The Bertz CT molecular complexity index is 1570. The molecule has 6 rings (SSSR count). The Balaban J connectivity index is 1.14. The minimum absolute atomic E-state index is 0.0113. The van der Waals surface area contributed by atoms with Gasteiger partial charge in [0.05, 0.1) is 11.2 Å². The van der Waals surface area contributed by atoms with Gasteiger partial charge in [0.1, 0.15) is 0 Å². The SMILES string of the molecule is Cc1cccc(C(=O)NC2CCC=C(N(C)c3ccc4c(/C=C/c5ccc6c(c5)OCO6)n[nH]c4c3)C2)c1. The highest BCUT2D eigenvalue weighted by Crippen LogP contribution is 2.33. The normalized spacial score (nSPS) is 16.6. The number of rotatable bonds is 6. The van der Waals surface area contributed by atoms with Gasteiger partial charge >= 0.3 is 0 Å². The lowest BCUT2D eigenvalue weighted by Gasteiger charge is -2.30. The Morgan fingerprint density at radius 3 is 2.87 bits per heavy atom. The second-order valence-corrected chi connectivity index (χ2v) is 9.86. The Kier molecular flexibility index (Phi) is 6.33. The van der Waals surface area contributed by atoms with E-state index < -0.39 is 0 Å². The molecule has 38 heavy (non-hydrogen) atoms. The summed E-state index contributed by atoms with van der Waals surface area (Å²) in [5.41, 5.74) is 6.94. The third-order valence-electron chi connectivity index (χ3n) is 7.19. The van der Waals surface area contributed by atoms with Crippen LogP contribution >= 0.6 is 0 Å². The first-order chi connectivity index (χ1) is 18.5. The number of aryl methyl sites for hydroxylation is 1. The quantitative estimate of drug-likeness (QED) is 0.332. The highest BCUT2D eigenvalue weighted by atomic mass is 16.7. The maximum absolute atomic E-state index is 12.8. The number of anilines is 1. The number of benzene rings is 3. The van der Waals surface area contributed by atoms with Gasteiger partial charge < -0.3 is 19.7 Å². The van der Waals surface area contributed by atoms with Gasteiger partial charge in [-0.2, -0.15) is 5.10 Å². The molecular formula is C31H30N4O3. The van der Waals surface area contributed by atoms with Crippen molar-refractivity contribution in [2.75, 3.05) is 18.7 Å². The van der Waals surface area contributed by atoms with E-state index in [0.29, 0.717) is 5.56 Å². The van der Waals surface area contributed by atoms with E-state index in [9.17, 15) is 4.79 Å². The van der Waals surface area contributed by atoms with Crippen molar-refractivity contribution in [2.24, 2.45) is 0 Å². The summed E-state index contributed by atoms with van der Waals surface area (Å²) in [6.45, 7) is 2.27. The molecule has 2 heterocycles. The zero-order chi connectivity index (χ0) is 26.1. The first-order valence-electron chi connectivity index (χ1n) is 12.9. The van der Waals surface area contributed by atoms with Crippen molar-refractivity contribution in [1.29, 1.82) is 0 Å². The van der Waals surface area contributed by atoms with E-state index in [0.717, 1.165) is 64.2 Å². The van der Waals surface area contributed by atoms with Crippen molar-refractivity contribution in [3.05, 3.63) is 94.8 Å². The summed E-state index contributed by atoms with van der Waals surface area (Å²) in [5.74, 6) is 1.53. The summed E-state index contributed by atoms with van der Waals surface area (Å²) >= 11 is 0. The summed E-state index contributed by atoms with van der Waals surface area (Å²) < 4.78 is 10.9. The Labute approximate surface area is 221 Å². The number of aromatic amines is 1. The summed E-state index contributed by atoms with van der Waals surface area (Å²) in [7, 11) is 2.08. The first-order valence-corrected chi connectivity index (χ1v) is 12.9. The topological polar surface area (TPSA) is 79.5 Å². The fourth-order valence-electron chi connectivity index (χ4n) is 5.06. The van der Waals surface area contributed by atoms with Gasteiger partial charge in [0.25, 0.3) is 5.91 Å². The molecule has 2 aliphatic rings. The molecule has 0 bridgehead atoms. The molecule has 1 aliphatic heterocycles. The highest BCUT2D eigenvalue weighted by Gasteiger charge is 2.21. The Morgan fingerprint density at radius 2 is 1.97 bits per heavy atom. The molecule has 1 unspecified atom stereocenters. The second kappa shape index (κ2) is 10.1. The molecule has 0 spiro atoms. The number of hydrogen-bond donors (Lipinski definition) is 2. The van der Waals surface area contributed by atoms with Crippen LogP contribution in [0.5, 0.6) is 11.5 Å². The predicted molar refractivity (Wildman–Crippen MR) is 150 cm³/mol. The standard InChI is InChI=1S/C31H30N4O3/c1-20-5-3-6-22(15-20)31(36)32-23-7-4-8-24(17-23)35(2)25-11-12-26-27(33-34-28(26)18-25)13-9-21-10-14-29-30(16-21)38-19-37-29/h3,5-6,8-16,18,23H,4,7,17,19H2,1-2H3,(H,32,36)(H,33,34)/b13-9+. The molecule has 0 fully saturated rings. The zero-order valence-electron chi connectivity index (χ0n) is 21.5. The smallest absolute Gasteiger partial charge is 0.251 e. The van der Waals surface area contributed by atoms with E-state index in [2.05, 4.69) is 51.7 Å². The summed E-state index contributed by atoms with van der Waals surface area (Å²) in [4.78, 5) is 15.0. The minimum Gasteiger partial charge on any atom is -0.454 e. The lowest BCUT2D eigenvalue weighted by molar-refractivity contribution is 0.0934. The van der Waals surface area contributed by atoms with Crippen LogP contribution < -0.4 is 19.7 Å². The van der Waals surface area contributed by atoms with E-state index in [1.54, 1.807) is 0 Å². The van der Waals surface area contributed by atoms with E-state index >= 15 is 0 Å². The molecular weight excluding hydrogens is 476 g/mol. The molecule has 7 heteroatoms. The van der Waals surface area contributed by atoms with E-state index in [-0.39, 0.29) is 18.7 Å². The van der Waals surface area contributed by atoms with E-state index in [1.165, 1.54) is 5.70 Å². The third-order valence-corrected chi connectivity index (χ3v) is 7.19. The molecule has 1 aromatic heterocycles. The molecule has 192 valence electrons. The second-order valence-electron chi connectivity index (χ2n) is 9.86. The number of amides is 1. The predicted octanol–water partition coefficient (Wildman–Crippen LogP) is 6.07. The average molecular weight is 507 g/mol. The number of carbonyl (C=O) groups is 1. The van der Waals surface area contributed by atoms with Crippen LogP contribution in [0.25, 0.3) is 23.1 Å². The van der Waals surface area contributed by atoms with Gasteiger partial charge in [-0.1, -0.05) is 35.9 Å². The maximum atomic E-state index is 12.8. The van der Waals surface area contributed by atoms with Crippen LogP contribution in [-0.2, 0) is 0 Å². The number of ether oxygens (including phenoxy) is 2. The number of allylic oxidation sites excluding steroid dienone is 1. The molecule has 2 N–H and O–H groups in total. The van der Waals surface area contributed by atoms with E-state index in [1.807, 2.05) is 61.5 Å². The molecule has 1 atom stereocenters. The zero-order valence-corrected chi connectivity index (χ0v) is 21.5. The van der Waals surface area contributed by atoms with E-state index in [4.69, 9.17) is 9.47 Å². The summed E-state index contributed by atoms with van der Waals surface area (Å²) in [6.07, 6.45) is 8.96. The van der Waals surface area contributed by atoms with Crippen LogP contribution in [0, 0.1) is 6.92 Å². The highest BCUT2D eigenvalue weighted by molar-refractivity contribution is 5.94. The van der Waals surface area contributed by atoms with Gasteiger partial charge in [-0.3, -0.25) is 9.89 Å². The van der Waals surface area contributed by atoms with Crippen LogP contribution in [0.15, 0.2) is 72.4 Å². The van der Waals surface area contributed by atoms with Crippen LogP contribution in [0.2, 0.25) is 0 Å². The van der Waals surface area contributed by atoms with Crippen LogP contribution in [0.3, 0.4) is 0 Å². The average Bonchev–Trinajstić information content (AvgIpc) is 3.57. The number of aromatic nitrogens is 2.